The van der Waals surface area contributed by atoms with Crippen LogP contribution in [0.3, 0.4) is 0 Å². The van der Waals surface area contributed by atoms with Gasteiger partial charge >= 0.3 is 0 Å². The van der Waals surface area contributed by atoms with E-state index in [2.05, 4.69) is 41.0 Å². The van der Waals surface area contributed by atoms with Gasteiger partial charge in [0.1, 0.15) is 40.3 Å². The first-order chi connectivity index (χ1) is 33.9. The third kappa shape index (κ3) is 9.52. The van der Waals surface area contributed by atoms with Crippen LogP contribution in [0.25, 0.3) is 10.9 Å². The maximum absolute atomic E-state index is 13.3. The van der Waals surface area contributed by atoms with Crippen LogP contribution < -0.4 is 35.6 Å². The fraction of sp³-hybridized carbons (Fsp3) is 0.373. The van der Waals surface area contributed by atoms with Crippen molar-refractivity contribution in [1.82, 2.24) is 30.0 Å². The molecular weight excluding hydrogens is 900 g/mol. The maximum atomic E-state index is 13.3. The zero-order valence-corrected chi connectivity index (χ0v) is 38.7. The second-order valence-electron chi connectivity index (χ2n) is 18.5. The summed E-state index contributed by atoms with van der Waals surface area (Å²) in [6.07, 6.45) is 6.47. The Morgan fingerprint density at radius 3 is 2.23 bits per heavy atom. The first kappa shape index (κ1) is 46.1. The van der Waals surface area contributed by atoms with E-state index in [1.165, 1.54) is 29.2 Å². The number of aromatic nitrogens is 2. The van der Waals surface area contributed by atoms with E-state index >= 15 is 0 Å². The summed E-state index contributed by atoms with van der Waals surface area (Å²) in [7, 11) is 1.65. The number of piperazine rings is 1. The molecule has 6 heterocycles. The number of nitrogens with zero attached hydrogens (tertiary/aromatic N) is 6. The molecule has 5 aliphatic rings. The normalized spacial score (nSPS) is 19.2. The van der Waals surface area contributed by atoms with Crippen LogP contribution in [0.1, 0.15) is 54.4 Å². The molecule has 362 valence electrons. The second kappa shape index (κ2) is 19.4. The summed E-state index contributed by atoms with van der Waals surface area (Å²) in [5.41, 5.74) is 2.64. The number of nitrogens with one attached hydrogen (secondary N) is 4. The minimum atomic E-state index is -1.18. The smallest absolute Gasteiger partial charge is 0.255 e. The first-order valence-electron chi connectivity index (χ1n) is 23.7. The molecule has 6 amide bonds. The lowest BCUT2D eigenvalue weighted by molar-refractivity contribution is -0.137. The molecule has 4 fully saturated rings. The van der Waals surface area contributed by atoms with Crippen molar-refractivity contribution >= 4 is 69.2 Å². The number of anilines is 4. The quantitative estimate of drug-likeness (QED) is 0.0792. The second-order valence-corrected chi connectivity index (χ2v) is 18.5. The Bertz CT molecular complexity index is 2870. The summed E-state index contributed by atoms with van der Waals surface area (Å²) >= 11 is 0. The van der Waals surface area contributed by atoms with E-state index in [9.17, 15) is 33.2 Å². The number of ether oxygens (including phenoxy) is 2. The van der Waals surface area contributed by atoms with Gasteiger partial charge in [0, 0.05) is 92.5 Å². The summed E-state index contributed by atoms with van der Waals surface area (Å²) < 4.78 is 25.6. The molecular formula is C51H53FN10O8. The topological polar surface area (TPSA) is 208 Å². The molecule has 1 atom stereocenters. The van der Waals surface area contributed by atoms with Crippen LogP contribution in [0.4, 0.5) is 27.3 Å². The van der Waals surface area contributed by atoms with Crippen LogP contribution in [0.5, 0.6) is 17.2 Å². The van der Waals surface area contributed by atoms with Crippen molar-refractivity contribution in [1.29, 1.82) is 0 Å². The molecule has 4 aliphatic heterocycles. The molecule has 3 saturated heterocycles. The summed E-state index contributed by atoms with van der Waals surface area (Å²) in [4.78, 5) is 94.1. The standard InChI is InChI=1S/C51H53FN10O8/c1-69-43-26-37-39(53-19-13-42(37)70-35-8-6-34(7-9-35)57-50(68)51(16-17-51)49(67)56-33-4-2-32(52)3-5-33)27-41(43)60-21-14-31(15-22-60)28-59-24-25-61(45(64)30-59)23-20-55-46-38-29-62(48(66)36(38)12-18-54-46)40-10-11-44(63)58-47(40)65/h2-9,12-13,18-19,26-27,31,40H,10-11,14-17,20-25,28-30H2,1H3,(H,54,55)(H,56,67)(H,57,68)(H,58,63,65). The van der Waals surface area contributed by atoms with E-state index in [0.29, 0.717) is 90.5 Å². The van der Waals surface area contributed by atoms with E-state index in [1.54, 1.807) is 55.9 Å². The van der Waals surface area contributed by atoms with Crippen LogP contribution in [0, 0.1) is 17.2 Å². The van der Waals surface area contributed by atoms with Gasteiger partial charge in [0.15, 0.2) is 0 Å². The number of imide groups is 1. The Labute approximate surface area is 402 Å². The number of amides is 6. The van der Waals surface area contributed by atoms with Gasteiger partial charge in [-0.05, 0) is 111 Å². The number of fused-ring (bicyclic) bond motifs is 2. The minimum Gasteiger partial charge on any atom is -0.495 e. The lowest BCUT2D eigenvalue weighted by Gasteiger charge is -2.39. The van der Waals surface area contributed by atoms with Gasteiger partial charge in [0.05, 0.1) is 31.4 Å². The fourth-order valence-electron chi connectivity index (χ4n) is 9.90. The highest BCUT2D eigenvalue weighted by Crippen LogP contribution is 2.48. The number of carbonyl (C=O) groups excluding carboxylic acids is 6. The monoisotopic (exact) mass is 952 g/mol. The molecule has 1 aliphatic carbocycles. The van der Waals surface area contributed by atoms with Crippen molar-refractivity contribution in [2.24, 2.45) is 11.3 Å². The van der Waals surface area contributed by atoms with Crippen LogP contribution in [-0.4, -0.2) is 126 Å². The molecule has 10 rings (SSSR count). The molecule has 1 unspecified atom stereocenters. The highest BCUT2D eigenvalue weighted by atomic mass is 19.1. The number of rotatable bonds is 15. The number of carbonyl (C=O) groups is 6. The van der Waals surface area contributed by atoms with Crippen molar-refractivity contribution in [2.45, 2.75) is 51.1 Å². The molecule has 70 heavy (non-hydrogen) atoms. The Balaban J connectivity index is 0.687. The molecule has 0 spiro atoms. The van der Waals surface area contributed by atoms with E-state index in [-0.39, 0.29) is 37.1 Å². The lowest BCUT2D eigenvalue weighted by Crippen LogP contribution is -2.53. The predicted octanol–water partition coefficient (Wildman–Crippen LogP) is 5.16. The van der Waals surface area contributed by atoms with Gasteiger partial charge < -0.3 is 40.1 Å². The summed E-state index contributed by atoms with van der Waals surface area (Å²) in [5.74, 6) is 0.582. The SMILES string of the molecule is COc1cc2c(Oc3ccc(NC(=O)C4(C(=O)Nc5ccc(F)cc5)CC4)cc3)ccnc2cc1N1CCC(CN2CCN(CCNc3nccc4c3CN(C3CCC(=O)NC3=O)C4=O)C(=O)C2)CC1. The van der Waals surface area contributed by atoms with Gasteiger partial charge in [-0.1, -0.05) is 0 Å². The molecule has 2 aromatic heterocycles. The van der Waals surface area contributed by atoms with E-state index in [1.807, 2.05) is 17.0 Å². The highest BCUT2D eigenvalue weighted by Gasteiger charge is 2.56. The molecule has 0 radical (unpaired) electrons. The van der Waals surface area contributed by atoms with Gasteiger partial charge in [0.2, 0.25) is 29.5 Å². The van der Waals surface area contributed by atoms with Crippen LogP contribution >= 0.6 is 0 Å². The van der Waals surface area contributed by atoms with Crippen molar-refractivity contribution in [3.8, 4) is 17.2 Å². The molecule has 5 aromatic rings. The average molecular weight is 953 g/mol. The molecule has 0 bridgehead atoms. The van der Waals surface area contributed by atoms with Crippen molar-refractivity contribution in [3.05, 3.63) is 102 Å². The lowest BCUT2D eigenvalue weighted by atomic mass is 9.95. The average Bonchev–Trinajstić information content (AvgIpc) is 4.12. The van der Waals surface area contributed by atoms with Gasteiger partial charge in [0.25, 0.3) is 5.91 Å². The number of hydrogen-bond donors (Lipinski definition) is 4. The summed E-state index contributed by atoms with van der Waals surface area (Å²) in [5, 5.41) is 12.0. The molecule has 19 heteroatoms. The third-order valence-corrected chi connectivity index (χ3v) is 14.1. The van der Waals surface area contributed by atoms with Crippen LogP contribution in [-0.2, 0) is 30.5 Å². The van der Waals surface area contributed by atoms with Crippen LogP contribution in [0.2, 0.25) is 0 Å². The van der Waals surface area contributed by atoms with Gasteiger partial charge in [-0.3, -0.25) is 44.0 Å². The Morgan fingerprint density at radius 2 is 1.54 bits per heavy atom. The summed E-state index contributed by atoms with van der Waals surface area (Å²) in [6, 6.07) is 19.0. The predicted molar refractivity (Wildman–Crippen MR) is 257 cm³/mol. The highest BCUT2D eigenvalue weighted by molar-refractivity contribution is 6.17. The van der Waals surface area contributed by atoms with Gasteiger partial charge in [-0.2, -0.15) is 0 Å². The maximum Gasteiger partial charge on any atom is 0.255 e. The van der Waals surface area contributed by atoms with Crippen molar-refractivity contribution < 1.29 is 42.6 Å². The van der Waals surface area contributed by atoms with Crippen LogP contribution in [0.15, 0.2) is 85.2 Å². The number of benzene rings is 3. The Morgan fingerprint density at radius 1 is 0.829 bits per heavy atom. The largest absolute Gasteiger partial charge is 0.495 e. The minimum absolute atomic E-state index is 0.0729. The Hall–Kier alpha value is -7.67. The van der Waals surface area contributed by atoms with Crippen molar-refractivity contribution in [2.75, 3.05) is 80.3 Å². The molecule has 4 N–H and O–H groups in total. The zero-order chi connectivity index (χ0) is 48.5. The van der Waals surface area contributed by atoms with E-state index < -0.39 is 35.0 Å². The molecule has 1 saturated carbocycles. The number of methoxy groups -OCH3 is 1. The number of pyridine rings is 2. The fourth-order valence-corrected chi connectivity index (χ4v) is 9.90. The first-order valence-corrected chi connectivity index (χ1v) is 23.7. The number of piperidine rings is 2. The zero-order valence-electron chi connectivity index (χ0n) is 38.7. The van der Waals surface area contributed by atoms with E-state index in [4.69, 9.17) is 9.47 Å². The van der Waals surface area contributed by atoms with Gasteiger partial charge in [-0.25, -0.2) is 9.37 Å². The molecule has 3 aromatic carbocycles. The van der Waals surface area contributed by atoms with E-state index in [0.717, 1.165) is 55.6 Å². The number of hydrogen-bond acceptors (Lipinski definition) is 13. The number of halogens is 1. The van der Waals surface area contributed by atoms with Crippen molar-refractivity contribution in [3.63, 3.8) is 0 Å². The van der Waals surface area contributed by atoms with Gasteiger partial charge in [-0.15, -0.1) is 0 Å². The summed E-state index contributed by atoms with van der Waals surface area (Å²) in [6.45, 7) is 5.37. The Kier molecular flexibility index (Phi) is 12.8. The molecule has 18 nitrogen and oxygen atoms in total. The third-order valence-electron chi connectivity index (χ3n) is 14.1.